The van der Waals surface area contributed by atoms with Crippen molar-refractivity contribution >= 4 is 5.91 Å². The molecule has 0 aliphatic rings. The molecule has 0 unspecified atom stereocenters. The smallest absolute Gasteiger partial charge is 0.225 e. The molecule has 22 heavy (non-hydrogen) atoms. The molecule has 0 bridgehead atoms. The molecule has 0 fully saturated rings. The monoisotopic (exact) mass is 312 g/mol. The number of rotatable bonds is 13. The van der Waals surface area contributed by atoms with Gasteiger partial charge in [-0.1, -0.05) is 79.6 Å². The first-order chi connectivity index (χ1) is 10.3. The van der Waals surface area contributed by atoms with Crippen LogP contribution in [0.4, 0.5) is 0 Å². The Labute approximate surface area is 139 Å². The maximum Gasteiger partial charge on any atom is 0.225 e. The molecule has 0 aliphatic heterocycles. The van der Waals surface area contributed by atoms with Gasteiger partial charge >= 0.3 is 0 Å². The van der Waals surface area contributed by atoms with Gasteiger partial charge in [-0.05, 0) is 19.4 Å². The van der Waals surface area contributed by atoms with E-state index >= 15 is 0 Å². The summed E-state index contributed by atoms with van der Waals surface area (Å²) >= 11 is 0. The highest BCUT2D eigenvalue weighted by atomic mass is 16.2. The minimum atomic E-state index is -0.259. The van der Waals surface area contributed by atoms with Gasteiger partial charge in [-0.25, -0.2) is 0 Å². The number of hydrogen-bond donors (Lipinski definition) is 2. The summed E-state index contributed by atoms with van der Waals surface area (Å²) in [5.74, 6) is 0.166. The van der Waals surface area contributed by atoms with E-state index in [0.29, 0.717) is 6.04 Å². The molecule has 0 aromatic heterocycles. The molecule has 0 rings (SSSR count). The summed E-state index contributed by atoms with van der Waals surface area (Å²) in [6, 6.07) is 0.619. The second-order valence-electron chi connectivity index (χ2n) is 7.80. The summed E-state index contributed by atoms with van der Waals surface area (Å²) in [7, 11) is 0. The third kappa shape index (κ3) is 14.4. The Hall–Kier alpha value is -0.570. The van der Waals surface area contributed by atoms with E-state index in [0.717, 1.165) is 19.5 Å². The van der Waals surface area contributed by atoms with Crippen LogP contribution < -0.4 is 10.6 Å². The van der Waals surface area contributed by atoms with E-state index in [9.17, 15) is 4.79 Å². The van der Waals surface area contributed by atoms with Crippen molar-refractivity contribution < 1.29 is 4.79 Å². The normalized spacial score (nSPS) is 11.9. The van der Waals surface area contributed by atoms with Crippen molar-refractivity contribution in [2.45, 2.75) is 98.4 Å². The van der Waals surface area contributed by atoms with Crippen LogP contribution in [0, 0.1) is 5.41 Å². The van der Waals surface area contributed by atoms with Crippen LogP contribution in [0.1, 0.15) is 92.4 Å². The Bertz CT molecular complexity index is 269. The SMILES string of the molecule is CC(C)NCCCCCCCCCCCNC(=O)C(C)(C)C. The van der Waals surface area contributed by atoms with Crippen LogP contribution in [0.15, 0.2) is 0 Å². The standard InChI is InChI=1S/C19H40N2O/c1-17(2)20-15-13-11-9-7-6-8-10-12-14-16-21-18(22)19(3,4)5/h17,20H,6-16H2,1-5H3,(H,21,22). The van der Waals surface area contributed by atoms with E-state index in [-0.39, 0.29) is 11.3 Å². The highest BCUT2D eigenvalue weighted by molar-refractivity contribution is 5.81. The van der Waals surface area contributed by atoms with E-state index < -0.39 is 0 Å². The molecule has 0 heterocycles. The summed E-state index contributed by atoms with van der Waals surface area (Å²) in [6.07, 6.45) is 11.8. The third-order valence-corrected chi connectivity index (χ3v) is 3.87. The molecule has 0 aromatic rings. The van der Waals surface area contributed by atoms with E-state index in [1.54, 1.807) is 0 Å². The van der Waals surface area contributed by atoms with Crippen molar-refractivity contribution in [3.63, 3.8) is 0 Å². The predicted octanol–water partition coefficient (Wildman–Crippen LogP) is 4.66. The summed E-state index contributed by atoms with van der Waals surface area (Å²) in [6.45, 7) is 12.3. The fourth-order valence-corrected chi connectivity index (χ4v) is 2.35. The maximum atomic E-state index is 11.7. The largest absolute Gasteiger partial charge is 0.356 e. The second kappa shape index (κ2) is 12.9. The average molecular weight is 313 g/mol. The van der Waals surface area contributed by atoms with Crippen LogP contribution >= 0.6 is 0 Å². The van der Waals surface area contributed by atoms with Crippen molar-refractivity contribution in [3.05, 3.63) is 0 Å². The zero-order valence-corrected chi connectivity index (χ0v) is 15.8. The molecule has 0 aliphatic carbocycles. The second-order valence-corrected chi connectivity index (χ2v) is 7.80. The van der Waals surface area contributed by atoms with E-state index in [1.165, 1.54) is 51.4 Å². The Morgan fingerprint density at radius 2 is 1.18 bits per heavy atom. The van der Waals surface area contributed by atoms with Crippen molar-refractivity contribution in [2.75, 3.05) is 13.1 Å². The molecule has 0 atom stereocenters. The molecule has 0 saturated heterocycles. The molecule has 0 aromatic carbocycles. The lowest BCUT2D eigenvalue weighted by Gasteiger charge is -2.17. The Balaban J connectivity index is 3.16. The Kier molecular flexibility index (Phi) is 12.6. The van der Waals surface area contributed by atoms with Crippen LogP contribution in [-0.4, -0.2) is 25.0 Å². The minimum absolute atomic E-state index is 0.166. The first kappa shape index (κ1) is 21.4. The van der Waals surface area contributed by atoms with Gasteiger partial charge in [0.2, 0.25) is 5.91 Å². The topological polar surface area (TPSA) is 41.1 Å². The van der Waals surface area contributed by atoms with Crippen molar-refractivity contribution in [1.29, 1.82) is 0 Å². The summed E-state index contributed by atoms with van der Waals surface area (Å²) in [4.78, 5) is 11.7. The lowest BCUT2D eigenvalue weighted by molar-refractivity contribution is -0.128. The number of carbonyl (C=O) groups excluding carboxylic acids is 1. The van der Waals surface area contributed by atoms with Gasteiger partial charge in [-0.15, -0.1) is 0 Å². The van der Waals surface area contributed by atoms with Gasteiger partial charge in [-0.2, -0.15) is 0 Å². The zero-order chi connectivity index (χ0) is 16.8. The molecular weight excluding hydrogens is 272 g/mol. The number of hydrogen-bond acceptors (Lipinski definition) is 2. The summed E-state index contributed by atoms with van der Waals surface area (Å²) in [5.41, 5.74) is -0.259. The molecule has 0 radical (unpaired) electrons. The van der Waals surface area contributed by atoms with Gasteiger partial charge in [0.1, 0.15) is 0 Å². The molecule has 2 N–H and O–H groups in total. The third-order valence-electron chi connectivity index (χ3n) is 3.87. The van der Waals surface area contributed by atoms with Crippen LogP contribution in [-0.2, 0) is 4.79 Å². The Morgan fingerprint density at radius 1 is 0.773 bits per heavy atom. The molecule has 3 nitrogen and oxygen atoms in total. The average Bonchev–Trinajstić information content (AvgIpc) is 2.42. The van der Waals surface area contributed by atoms with E-state index in [1.807, 2.05) is 20.8 Å². The lowest BCUT2D eigenvalue weighted by Crippen LogP contribution is -2.35. The number of amides is 1. The van der Waals surface area contributed by atoms with Gasteiger partial charge in [0, 0.05) is 18.0 Å². The first-order valence-corrected chi connectivity index (χ1v) is 9.35. The number of carbonyl (C=O) groups is 1. The fraction of sp³-hybridized carbons (Fsp3) is 0.947. The fourth-order valence-electron chi connectivity index (χ4n) is 2.35. The maximum absolute atomic E-state index is 11.7. The van der Waals surface area contributed by atoms with Gasteiger partial charge in [0.25, 0.3) is 0 Å². The van der Waals surface area contributed by atoms with Crippen LogP contribution in [0.3, 0.4) is 0 Å². The molecule has 0 spiro atoms. The molecule has 132 valence electrons. The summed E-state index contributed by atoms with van der Waals surface area (Å²) < 4.78 is 0. The molecule has 1 amide bonds. The predicted molar refractivity (Wildman–Crippen MR) is 97.2 cm³/mol. The van der Waals surface area contributed by atoms with Crippen molar-refractivity contribution in [1.82, 2.24) is 10.6 Å². The van der Waals surface area contributed by atoms with Crippen LogP contribution in [0.2, 0.25) is 0 Å². The highest BCUT2D eigenvalue weighted by Crippen LogP contribution is 2.13. The van der Waals surface area contributed by atoms with Crippen LogP contribution in [0.5, 0.6) is 0 Å². The minimum Gasteiger partial charge on any atom is -0.356 e. The van der Waals surface area contributed by atoms with E-state index in [4.69, 9.17) is 0 Å². The lowest BCUT2D eigenvalue weighted by atomic mass is 9.96. The van der Waals surface area contributed by atoms with Crippen molar-refractivity contribution in [2.24, 2.45) is 5.41 Å². The first-order valence-electron chi connectivity index (χ1n) is 9.35. The van der Waals surface area contributed by atoms with Crippen molar-refractivity contribution in [3.8, 4) is 0 Å². The number of nitrogens with one attached hydrogen (secondary N) is 2. The quantitative estimate of drug-likeness (QED) is 0.486. The molecule has 3 heteroatoms. The number of unbranched alkanes of at least 4 members (excludes halogenated alkanes) is 8. The molecule has 0 saturated carbocycles. The summed E-state index contributed by atoms with van der Waals surface area (Å²) in [5, 5.41) is 6.48. The molecular formula is C19H40N2O. The van der Waals surface area contributed by atoms with Gasteiger partial charge in [-0.3, -0.25) is 4.79 Å². The van der Waals surface area contributed by atoms with E-state index in [2.05, 4.69) is 24.5 Å². The van der Waals surface area contributed by atoms with Gasteiger partial charge in [0.05, 0.1) is 0 Å². The Morgan fingerprint density at radius 3 is 1.59 bits per heavy atom. The highest BCUT2D eigenvalue weighted by Gasteiger charge is 2.19. The zero-order valence-electron chi connectivity index (χ0n) is 15.8. The van der Waals surface area contributed by atoms with Crippen LogP contribution in [0.25, 0.3) is 0 Å². The van der Waals surface area contributed by atoms with Gasteiger partial charge < -0.3 is 10.6 Å². The van der Waals surface area contributed by atoms with Gasteiger partial charge in [0.15, 0.2) is 0 Å².